The van der Waals surface area contributed by atoms with Gasteiger partial charge in [-0.2, -0.15) is 0 Å². The summed E-state index contributed by atoms with van der Waals surface area (Å²) in [5.74, 6) is 0. The van der Waals surface area contributed by atoms with Crippen LogP contribution in [-0.2, 0) is 6.42 Å². The molecule has 83 heavy (non-hydrogen) atoms. The van der Waals surface area contributed by atoms with Crippen molar-refractivity contribution in [3.63, 3.8) is 0 Å². The molecule has 0 N–H and O–H groups in total. The van der Waals surface area contributed by atoms with Crippen LogP contribution < -0.4 is 4.90 Å². The quantitative estimate of drug-likeness (QED) is 0.148. The molecule has 0 fully saturated rings. The van der Waals surface area contributed by atoms with Crippen LogP contribution in [0.25, 0.3) is 122 Å². The van der Waals surface area contributed by atoms with Crippen LogP contribution in [0.2, 0.25) is 0 Å². The number of aromatic nitrogens is 3. The number of rotatable bonds is 8. The van der Waals surface area contributed by atoms with Gasteiger partial charge in [0.25, 0.3) is 0 Å². The fourth-order valence-corrected chi connectivity index (χ4v) is 13.5. The van der Waals surface area contributed by atoms with Crippen molar-refractivity contribution < 1.29 is 0 Å². The largest absolute Gasteiger partial charge is 0.337 e. The standard InChI is InChI=1S/C79H58N4/c1-2-5-34-64(33-4-1)81-74-41-13-10-38-68(74)71-52-72-69-39-11-15-43-76(69)83(79(72)53-78(71)81)66-36-20-30-61(50-66)59-28-18-26-57(48-59)55-24-16-23-54(46-55)56-25-17-27-58(47-56)60-29-19-35-65(49-60)82-75-42-14-9-37-67(75)70-51-62-22-8-12-40-73(62)80(45-21-44-77(70)82)63-31-6-3-7-32-63/h3-4,6-44,46-50,52-53H,1-2,5,45,51H2/b44-21-. The molecule has 0 saturated carbocycles. The van der Waals surface area contributed by atoms with Crippen molar-refractivity contribution >= 4 is 77.7 Å². The van der Waals surface area contributed by atoms with Crippen molar-refractivity contribution in [3.05, 3.63) is 302 Å². The second kappa shape index (κ2) is 20.3. The summed E-state index contributed by atoms with van der Waals surface area (Å²) >= 11 is 0. The van der Waals surface area contributed by atoms with Crippen LogP contribution in [0.1, 0.15) is 36.1 Å². The Morgan fingerprint density at radius 1 is 0.301 bits per heavy atom. The Hall–Kier alpha value is -10.4. The van der Waals surface area contributed by atoms with E-state index in [0.29, 0.717) is 0 Å². The van der Waals surface area contributed by atoms with Crippen LogP contribution in [0.15, 0.2) is 285 Å². The molecule has 0 saturated heterocycles. The van der Waals surface area contributed by atoms with Crippen LogP contribution in [-0.4, -0.2) is 20.2 Å². The molecule has 0 spiro atoms. The zero-order valence-corrected chi connectivity index (χ0v) is 46.0. The summed E-state index contributed by atoms with van der Waals surface area (Å²) in [4.78, 5) is 2.43. The Kier molecular flexibility index (Phi) is 11.8. The van der Waals surface area contributed by atoms with Crippen molar-refractivity contribution in [1.29, 1.82) is 0 Å². The van der Waals surface area contributed by atoms with Gasteiger partial charge < -0.3 is 18.6 Å². The lowest BCUT2D eigenvalue weighted by atomic mass is 9.94. The maximum absolute atomic E-state index is 2.48. The van der Waals surface area contributed by atoms with Gasteiger partial charge in [-0.05, 0) is 178 Å². The third-order valence-electron chi connectivity index (χ3n) is 17.4. The normalized spacial score (nSPS) is 13.9. The summed E-state index contributed by atoms with van der Waals surface area (Å²) in [5, 5.41) is 6.37. The van der Waals surface area contributed by atoms with E-state index < -0.39 is 0 Å². The van der Waals surface area contributed by atoms with E-state index in [-0.39, 0.29) is 0 Å². The highest BCUT2D eigenvalue weighted by atomic mass is 15.1. The van der Waals surface area contributed by atoms with E-state index in [2.05, 4.69) is 310 Å². The molecular weight excluding hydrogens is 1000 g/mol. The summed E-state index contributed by atoms with van der Waals surface area (Å²) in [6, 6.07) is 96.5. The van der Waals surface area contributed by atoms with Crippen LogP contribution >= 0.6 is 0 Å². The SMILES string of the molecule is C1=CC(n2c3ccccc3c3cc4c5ccccc5n(-c5cccc(-c6cccc(-c7cccc(-c8cccc(-c9cccc(-n%10c%11c(c%12ccccc%12%10)Cc%10ccccc%10N(c%10ccccc%10)C/C=C\%11)c9)c8)c7)c6)c5)c4cc32)=CCCC1. The average molecular weight is 1060 g/mol. The topological polar surface area (TPSA) is 18.0 Å². The summed E-state index contributed by atoms with van der Waals surface area (Å²) in [5.41, 5.74) is 25.4. The van der Waals surface area contributed by atoms with Gasteiger partial charge in [0.05, 0.1) is 33.3 Å². The van der Waals surface area contributed by atoms with E-state index in [1.807, 2.05) is 0 Å². The first-order valence-electron chi connectivity index (χ1n) is 29.2. The molecule has 4 heterocycles. The van der Waals surface area contributed by atoms with Gasteiger partial charge in [0.1, 0.15) is 0 Å². The lowest BCUT2D eigenvalue weighted by Crippen LogP contribution is -2.18. The number of benzene rings is 11. The van der Waals surface area contributed by atoms with E-state index >= 15 is 0 Å². The highest BCUT2D eigenvalue weighted by Gasteiger charge is 2.23. The van der Waals surface area contributed by atoms with Crippen LogP contribution in [0, 0.1) is 0 Å². The van der Waals surface area contributed by atoms with Crippen LogP contribution in [0.4, 0.5) is 11.4 Å². The number of para-hydroxylation sites is 5. The Labute approximate surface area is 483 Å². The van der Waals surface area contributed by atoms with Crippen molar-refractivity contribution in [1.82, 2.24) is 13.7 Å². The van der Waals surface area contributed by atoms with Gasteiger partial charge in [-0.15, -0.1) is 0 Å². The third kappa shape index (κ3) is 8.44. The molecule has 2 aliphatic rings. The van der Waals surface area contributed by atoms with E-state index in [0.717, 1.165) is 37.2 Å². The number of hydrogen-bond acceptors (Lipinski definition) is 1. The number of allylic oxidation sites excluding steroid dienone is 4. The fraction of sp³-hybridized carbons (Fsp3) is 0.0633. The minimum absolute atomic E-state index is 0.759. The Morgan fingerprint density at radius 2 is 0.783 bits per heavy atom. The Balaban J connectivity index is 0.729. The first-order chi connectivity index (χ1) is 41.2. The van der Waals surface area contributed by atoms with Gasteiger partial charge in [-0.25, -0.2) is 0 Å². The summed E-state index contributed by atoms with van der Waals surface area (Å²) < 4.78 is 7.43. The lowest BCUT2D eigenvalue weighted by molar-refractivity contribution is 0.875. The van der Waals surface area contributed by atoms with Crippen LogP contribution in [0.5, 0.6) is 0 Å². The number of fused-ring (bicyclic) bond motifs is 10. The zero-order valence-electron chi connectivity index (χ0n) is 46.0. The molecular formula is C79H58N4. The first kappa shape index (κ1) is 48.5. The maximum atomic E-state index is 2.48. The lowest BCUT2D eigenvalue weighted by Gasteiger charge is -2.26. The van der Waals surface area contributed by atoms with E-state index in [1.54, 1.807) is 0 Å². The van der Waals surface area contributed by atoms with Gasteiger partial charge in [0.2, 0.25) is 0 Å². The molecule has 1 aliphatic carbocycles. The minimum atomic E-state index is 0.759. The Morgan fingerprint density at radius 3 is 1.41 bits per heavy atom. The summed E-state index contributed by atoms with van der Waals surface area (Å²) in [7, 11) is 0. The highest BCUT2D eigenvalue weighted by Crippen LogP contribution is 2.43. The third-order valence-corrected chi connectivity index (χ3v) is 17.4. The summed E-state index contributed by atoms with van der Waals surface area (Å²) in [6.07, 6.45) is 15.9. The van der Waals surface area contributed by atoms with Crippen molar-refractivity contribution in [2.45, 2.75) is 25.7 Å². The number of nitrogens with zero attached hydrogens (tertiary/aromatic N) is 4. The van der Waals surface area contributed by atoms with Gasteiger partial charge in [-0.1, -0.05) is 188 Å². The van der Waals surface area contributed by atoms with Gasteiger partial charge in [0.15, 0.2) is 0 Å². The van der Waals surface area contributed by atoms with Crippen molar-refractivity contribution in [2.24, 2.45) is 0 Å². The van der Waals surface area contributed by atoms with Gasteiger partial charge in [0, 0.05) is 68.3 Å². The maximum Gasteiger partial charge on any atom is 0.0562 e. The smallest absolute Gasteiger partial charge is 0.0562 e. The van der Waals surface area contributed by atoms with Gasteiger partial charge >= 0.3 is 0 Å². The van der Waals surface area contributed by atoms with E-state index in [1.165, 1.54) is 139 Å². The first-order valence-corrected chi connectivity index (χ1v) is 29.2. The van der Waals surface area contributed by atoms with E-state index in [9.17, 15) is 0 Å². The average Bonchev–Trinajstić information content (AvgIpc) is 2.65. The molecule has 394 valence electrons. The molecule has 0 atom stereocenters. The Bertz CT molecular complexity index is 4960. The fourth-order valence-electron chi connectivity index (χ4n) is 13.5. The molecule has 0 amide bonds. The molecule has 16 rings (SSSR count). The van der Waals surface area contributed by atoms with E-state index in [4.69, 9.17) is 0 Å². The number of hydrogen-bond donors (Lipinski definition) is 0. The van der Waals surface area contributed by atoms with Crippen molar-refractivity contribution in [3.8, 4) is 55.9 Å². The molecule has 11 aromatic carbocycles. The molecule has 3 aromatic heterocycles. The number of anilines is 2. The minimum Gasteiger partial charge on any atom is -0.337 e. The molecule has 4 heteroatoms. The molecule has 0 bridgehead atoms. The molecule has 14 aromatic rings. The monoisotopic (exact) mass is 1060 g/mol. The molecule has 1 aliphatic heterocycles. The predicted molar refractivity (Wildman–Crippen MR) is 351 cm³/mol. The zero-order chi connectivity index (χ0) is 54.8. The second-order valence-corrected chi connectivity index (χ2v) is 22.3. The molecule has 0 unspecified atom stereocenters. The molecule has 0 radical (unpaired) electrons. The second-order valence-electron chi connectivity index (χ2n) is 22.3. The highest BCUT2D eigenvalue weighted by molar-refractivity contribution is 6.19. The van der Waals surface area contributed by atoms with Gasteiger partial charge in [-0.3, -0.25) is 0 Å². The molecule has 4 nitrogen and oxygen atoms in total. The predicted octanol–water partition coefficient (Wildman–Crippen LogP) is 20.8. The van der Waals surface area contributed by atoms with Crippen LogP contribution in [0.3, 0.4) is 0 Å². The van der Waals surface area contributed by atoms with Crippen molar-refractivity contribution in [2.75, 3.05) is 11.4 Å². The summed E-state index contributed by atoms with van der Waals surface area (Å²) in [6.45, 7) is 0.759.